The maximum Gasteiger partial charge on any atom is 0.411 e. The Balaban J connectivity index is 3.36. The van der Waals surface area contributed by atoms with Crippen LogP contribution in [0.4, 0.5) is 9.18 Å². The number of carbonyl (C=O) groups excluding carboxylic acids is 1. The molecule has 7 heteroatoms. The second-order valence-electron chi connectivity index (χ2n) is 6.37. The second-order valence-corrected chi connectivity index (χ2v) is 6.77. The molecule has 1 atom stereocenters. The SMILES string of the molecule is CC(C)N(C(=O)OC(C)(C)C)C(C(=O)O)c1cccc(Cl)c1F. The molecule has 1 aromatic rings. The molecule has 0 saturated heterocycles. The predicted octanol–water partition coefficient (Wildman–Crippen LogP) is 4.25. The van der Waals surface area contributed by atoms with Gasteiger partial charge in [-0.25, -0.2) is 14.0 Å². The summed E-state index contributed by atoms with van der Waals surface area (Å²) in [6.07, 6.45) is -0.834. The fourth-order valence-electron chi connectivity index (χ4n) is 2.06. The Hall–Kier alpha value is -1.82. The van der Waals surface area contributed by atoms with Crippen LogP contribution in [0.1, 0.15) is 46.2 Å². The number of carbonyl (C=O) groups is 2. The summed E-state index contributed by atoms with van der Waals surface area (Å²) in [4.78, 5) is 25.1. The minimum absolute atomic E-state index is 0.190. The number of benzene rings is 1. The van der Waals surface area contributed by atoms with Crippen molar-refractivity contribution in [3.8, 4) is 0 Å². The molecule has 0 radical (unpaired) electrons. The standard InChI is InChI=1S/C16H21ClFNO4/c1-9(2)19(15(22)23-16(3,4)5)13(14(20)21)10-7-6-8-11(17)12(10)18/h6-9,13H,1-5H3,(H,20,21). The van der Waals surface area contributed by atoms with Crippen molar-refractivity contribution < 1.29 is 23.8 Å². The lowest BCUT2D eigenvalue weighted by Crippen LogP contribution is -2.46. The number of hydrogen-bond donors (Lipinski definition) is 1. The van der Waals surface area contributed by atoms with E-state index in [0.29, 0.717) is 0 Å². The van der Waals surface area contributed by atoms with Crippen LogP contribution in [0.2, 0.25) is 5.02 Å². The first-order valence-corrected chi connectivity index (χ1v) is 7.51. The Bertz CT molecular complexity index is 598. The van der Waals surface area contributed by atoms with Crippen molar-refractivity contribution in [3.05, 3.63) is 34.6 Å². The molecule has 1 aromatic carbocycles. The quantitative estimate of drug-likeness (QED) is 0.885. The van der Waals surface area contributed by atoms with Gasteiger partial charge in [0.2, 0.25) is 0 Å². The third kappa shape index (κ3) is 4.82. The monoisotopic (exact) mass is 345 g/mol. The van der Waals surface area contributed by atoms with Gasteiger partial charge >= 0.3 is 12.1 Å². The molecule has 0 saturated carbocycles. The molecule has 0 fully saturated rings. The zero-order valence-corrected chi connectivity index (χ0v) is 14.5. The topological polar surface area (TPSA) is 66.8 Å². The summed E-state index contributed by atoms with van der Waals surface area (Å²) in [6.45, 7) is 8.25. The van der Waals surface area contributed by atoms with Gasteiger partial charge in [0.1, 0.15) is 11.4 Å². The summed E-state index contributed by atoms with van der Waals surface area (Å²) in [5, 5.41) is 9.34. The Morgan fingerprint density at radius 1 is 1.30 bits per heavy atom. The lowest BCUT2D eigenvalue weighted by Gasteiger charge is -2.34. The van der Waals surface area contributed by atoms with Crippen molar-refractivity contribution in [1.82, 2.24) is 4.90 Å². The summed E-state index contributed by atoms with van der Waals surface area (Å²) in [5.41, 5.74) is -0.996. The van der Waals surface area contributed by atoms with E-state index in [-0.39, 0.29) is 10.6 Å². The number of rotatable bonds is 4. The third-order valence-corrected chi connectivity index (χ3v) is 3.24. The van der Waals surface area contributed by atoms with Crippen molar-refractivity contribution >= 4 is 23.7 Å². The fraction of sp³-hybridized carbons (Fsp3) is 0.500. The normalized spacial score (nSPS) is 12.9. The van der Waals surface area contributed by atoms with E-state index in [0.717, 1.165) is 4.90 Å². The molecule has 1 amide bonds. The number of nitrogens with zero attached hydrogens (tertiary/aromatic N) is 1. The van der Waals surface area contributed by atoms with Gasteiger partial charge in [-0.05, 0) is 40.7 Å². The maximum absolute atomic E-state index is 14.3. The molecule has 0 aliphatic rings. The number of ether oxygens (including phenoxy) is 1. The summed E-state index contributed by atoms with van der Waals surface area (Å²) in [5.74, 6) is -2.23. The molecule has 1 N–H and O–H groups in total. The van der Waals surface area contributed by atoms with Crippen molar-refractivity contribution in [2.24, 2.45) is 0 Å². The van der Waals surface area contributed by atoms with E-state index in [1.807, 2.05) is 0 Å². The van der Waals surface area contributed by atoms with Gasteiger partial charge in [-0.3, -0.25) is 4.90 Å². The first-order chi connectivity index (χ1) is 10.5. The van der Waals surface area contributed by atoms with Gasteiger partial charge in [-0.1, -0.05) is 23.7 Å². The minimum Gasteiger partial charge on any atom is -0.479 e. The van der Waals surface area contributed by atoms with Gasteiger partial charge in [0.25, 0.3) is 0 Å². The molecule has 0 aliphatic heterocycles. The van der Waals surface area contributed by atoms with Crippen LogP contribution >= 0.6 is 11.6 Å². The Morgan fingerprint density at radius 3 is 2.30 bits per heavy atom. The van der Waals surface area contributed by atoms with Gasteiger partial charge in [0, 0.05) is 11.6 Å². The molecule has 23 heavy (non-hydrogen) atoms. The first-order valence-electron chi connectivity index (χ1n) is 7.13. The van der Waals surface area contributed by atoms with Crippen molar-refractivity contribution in [1.29, 1.82) is 0 Å². The van der Waals surface area contributed by atoms with Crippen molar-refractivity contribution in [2.75, 3.05) is 0 Å². The maximum atomic E-state index is 14.3. The smallest absolute Gasteiger partial charge is 0.411 e. The molecular formula is C16H21ClFNO4. The van der Waals surface area contributed by atoms with Crippen molar-refractivity contribution in [2.45, 2.75) is 52.3 Å². The molecule has 0 aliphatic carbocycles. The van der Waals surface area contributed by atoms with Gasteiger partial charge in [0.15, 0.2) is 6.04 Å². The third-order valence-electron chi connectivity index (χ3n) is 2.95. The molecule has 0 aromatic heterocycles. The predicted molar refractivity (Wildman–Crippen MR) is 85.0 cm³/mol. The van der Waals surface area contributed by atoms with E-state index in [4.69, 9.17) is 16.3 Å². The Morgan fingerprint density at radius 2 is 1.87 bits per heavy atom. The minimum atomic E-state index is -1.54. The van der Waals surface area contributed by atoms with Crippen LogP contribution in [0.15, 0.2) is 18.2 Å². The summed E-state index contributed by atoms with van der Waals surface area (Å²) < 4.78 is 19.5. The summed E-state index contributed by atoms with van der Waals surface area (Å²) in [6, 6.07) is 1.98. The zero-order valence-electron chi connectivity index (χ0n) is 13.8. The van der Waals surface area contributed by atoms with Gasteiger partial charge in [0.05, 0.1) is 5.02 Å². The van der Waals surface area contributed by atoms with Crippen LogP contribution in [-0.4, -0.2) is 33.7 Å². The van der Waals surface area contributed by atoms with Crippen LogP contribution in [0.25, 0.3) is 0 Å². The van der Waals surface area contributed by atoms with E-state index >= 15 is 0 Å². The zero-order chi connectivity index (χ0) is 17.9. The highest BCUT2D eigenvalue weighted by atomic mass is 35.5. The van der Waals surface area contributed by atoms with Gasteiger partial charge < -0.3 is 9.84 Å². The number of hydrogen-bond acceptors (Lipinski definition) is 3. The van der Waals surface area contributed by atoms with E-state index in [9.17, 15) is 19.1 Å². The molecular weight excluding hydrogens is 325 g/mol. The molecule has 1 rings (SSSR count). The lowest BCUT2D eigenvalue weighted by atomic mass is 10.0. The highest BCUT2D eigenvalue weighted by Gasteiger charge is 2.37. The molecule has 128 valence electrons. The van der Waals surface area contributed by atoms with E-state index in [1.165, 1.54) is 18.2 Å². The highest BCUT2D eigenvalue weighted by Crippen LogP contribution is 2.30. The Labute approximate surface area is 140 Å². The fourth-order valence-corrected chi connectivity index (χ4v) is 2.24. The van der Waals surface area contributed by atoms with Crippen LogP contribution < -0.4 is 0 Å². The van der Waals surface area contributed by atoms with Crippen LogP contribution in [0.5, 0.6) is 0 Å². The molecule has 5 nitrogen and oxygen atoms in total. The largest absolute Gasteiger partial charge is 0.479 e. The number of carboxylic acid groups (broad SMARTS) is 1. The van der Waals surface area contributed by atoms with E-state index < -0.39 is 35.6 Å². The summed E-state index contributed by atoms with van der Waals surface area (Å²) in [7, 11) is 0. The van der Waals surface area contributed by atoms with Crippen LogP contribution in [-0.2, 0) is 9.53 Å². The second kappa shape index (κ2) is 7.17. The number of halogens is 2. The average Bonchev–Trinajstić information content (AvgIpc) is 2.36. The lowest BCUT2D eigenvalue weighted by molar-refractivity contribution is -0.144. The highest BCUT2D eigenvalue weighted by molar-refractivity contribution is 6.30. The van der Waals surface area contributed by atoms with E-state index in [1.54, 1.807) is 34.6 Å². The Kier molecular flexibility index (Phi) is 5.99. The molecule has 0 spiro atoms. The van der Waals surface area contributed by atoms with Gasteiger partial charge in [-0.15, -0.1) is 0 Å². The number of amides is 1. The average molecular weight is 346 g/mol. The summed E-state index contributed by atoms with van der Waals surface area (Å²) >= 11 is 5.73. The van der Waals surface area contributed by atoms with Crippen LogP contribution in [0, 0.1) is 5.82 Å². The molecule has 1 unspecified atom stereocenters. The van der Waals surface area contributed by atoms with E-state index in [2.05, 4.69) is 0 Å². The van der Waals surface area contributed by atoms with Crippen LogP contribution in [0.3, 0.4) is 0 Å². The number of carboxylic acids is 1. The van der Waals surface area contributed by atoms with Crippen molar-refractivity contribution in [3.63, 3.8) is 0 Å². The molecule has 0 bridgehead atoms. The number of aliphatic carboxylic acids is 1. The van der Waals surface area contributed by atoms with Gasteiger partial charge in [-0.2, -0.15) is 0 Å². The first kappa shape index (κ1) is 19.2. The molecule has 0 heterocycles.